The molecule has 1 aromatic heterocycles. The van der Waals surface area contributed by atoms with Crippen LogP contribution in [0.1, 0.15) is 28.7 Å². The lowest BCUT2D eigenvalue weighted by Gasteiger charge is -2.11. The summed E-state index contributed by atoms with van der Waals surface area (Å²) in [4.78, 5) is 28.9. The Hall–Kier alpha value is -1.14. The van der Waals surface area contributed by atoms with Crippen LogP contribution in [0.4, 0.5) is 5.13 Å². The Morgan fingerprint density at radius 3 is 2.83 bits per heavy atom. The van der Waals surface area contributed by atoms with Crippen molar-refractivity contribution in [3.8, 4) is 0 Å². The molecule has 98 valence electrons. The fourth-order valence-corrected chi connectivity index (χ4v) is 3.16. The van der Waals surface area contributed by atoms with Crippen LogP contribution in [0.5, 0.6) is 0 Å². The van der Waals surface area contributed by atoms with E-state index in [1.807, 2.05) is 6.92 Å². The van der Waals surface area contributed by atoms with E-state index in [0.717, 1.165) is 11.3 Å². The van der Waals surface area contributed by atoms with E-state index in [1.165, 1.54) is 0 Å². The molecule has 1 N–H and O–H groups in total. The molecule has 1 atom stereocenters. The van der Waals surface area contributed by atoms with E-state index in [0.29, 0.717) is 36.1 Å². The number of thiazole rings is 1. The number of aryl methyl sites for hydroxylation is 1. The summed E-state index contributed by atoms with van der Waals surface area (Å²) in [7, 11) is 0. The number of carboxylic acids is 1. The first-order chi connectivity index (χ1) is 8.56. The van der Waals surface area contributed by atoms with Gasteiger partial charge in [-0.3, -0.25) is 9.69 Å². The Balaban J connectivity index is 2.29. The van der Waals surface area contributed by atoms with E-state index < -0.39 is 5.97 Å². The van der Waals surface area contributed by atoms with Crippen LogP contribution in [-0.4, -0.2) is 34.4 Å². The Morgan fingerprint density at radius 1 is 1.67 bits per heavy atom. The van der Waals surface area contributed by atoms with Crippen molar-refractivity contribution in [3.05, 3.63) is 10.6 Å². The minimum Gasteiger partial charge on any atom is -0.477 e. The molecule has 2 heterocycles. The van der Waals surface area contributed by atoms with Crippen LogP contribution in [0.3, 0.4) is 0 Å². The molecule has 1 aliphatic heterocycles. The summed E-state index contributed by atoms with van der Waals surface area (Å²) in [5, 5.41) is 9.54. The second kappa shape index (κ2) is 5.24. The maximum absolute atomic E-state index is 11.8. The molecule has 0 radical (unpaired) electrons. The highest BCUT2D eigenvalue weighted by atomic mass is 35.5. The highest BCUT2D eigenvalue weighted by molar-refractivity contribution is 7.17. The van der Waals surface area contributed by atoms with E-state index in [-0.39, 0.29) is 16.7 Å². The first-order valence-corrected chi connectivity index (χ1v) is 7.01. The summed E-state index contributed by atoms with van der Waals surface area (Å²) in [5.41, 5.74) is 0.532. The zero-order valence-corrected chi connectivity index (χ0v) is 11.4. The Labute approximate surface area is 113 Å². The fraction of sp³-hybridized carbons (Fsp3) is 0.545. The number of hydrogen-bond donors (Lipinski definition) is 1. The normalized spacial score (nSPS) is 19.6. The number of aromatic nitrogens is 1. The van der Waals surface area contributed by atoms with Gasteiger partial charge in [-0.2, -0.15) is 0 Å². The van der Waals surface area contributed by atoms with E-state index in [1.54, 1.807) is 4.90 Å². The quantitative estimate of drug-likeness (QED) is 0.860. The van der Waals surface area contributed by atoms with Crippen LogP contribution in [-0.2, 0) is 11.2 Å². The van der Waals surface area contributed by atoms with Gasteiger partial charge in [0.1, 0.15) is 4.88 Å². The number of halogens is 1. The van der Waals surface area contributed by atoms with Gasteiger partial charge in [0.25, 0.3) is 0 Å². The molecule has 0 spiro atoms. The van der Waals surface area contributed by atoms with Crippen molar-refractivity contribution in [2.75, 3.05) is 17.3 Å². The van der Waals surface area contributed by atoms with Crippen molar-refractivity contribution in [1.29, 1.82) is 0 Å². The molecular formula is C11H13ClN2O3S. The predicted octanol–water partition coefficient (Wildman–Crippen LogP) is 2.00. The average molecular weight is 289 g/mol. The second-order valence-corrected chi connectivity index (χ2v) is 5.45. The third kappa shape index (κ3) is 2.35. The van der Waals surface area contributed by atoms with Gasteiger partial charge in [-0.25, -0.2) is 9.78 Å². The smallest absolute Gasteiger partial charge is 0.347 e. The largest absolute Gasteiger partial charge is 0.477 e. The molecular weight excluding hydrogens is 276 g/mol. The topological polar surface area (TPSA) is 70.5 Å². The third-order valence-corrected chi connectivity index (χ3v) is 4.41. The Morgan fingerprint density at radius 2 is 2.39 bits per heavy atom. The van der Waals surface area contributed by atoms with Gasteiger partial charge in [0, 0.05) is 18.8 Å². The van der Waals surface area contributed by atoms with Gasteiger partial charge in [-0.05, 0) is 12.3 Å². The molecule has 1 aliphatic rings. The van der Waals surface area contributed by atoms with Crippen molar-refractivity contribution in [3.63, 3.8) is 0 Å². The number of alkyl halides is 1. The number of rotatable bonds is 4. The molecule has 1 aromatic rings. The van der Waals surface area contributed by atoms with Gasteiger partial charge < -0.3 is 5.11 Å². The summed E-state index contributed by atoms with van der Waals surface area (Å²) in [6.45, 7) is 2.37. The average Bonchev–Trinajstić information content (AvgIpc) is 2.91. The lowest BCUT2D eigenvalue weighted by molar-refractivity contribution is -0.117. The van der Waals surface area contributed by atoms with Crippen LogP contribution >= 0.6 is 22.9 Å². The molecule has 7 heteroatoms. The van der Waals surface area contributed by atoms with E-state index >= 15 is 0 Å². The third-order valence-electron chi connectivity index (χ3n) is 2.87. The molecule has 1 saturated heterocycles. The molecule has 5 nitrogen and oxygen atoms in total. The van der Waals surface area contributed by atoms with Crippen molar-refractivity contribution < 1.29 is 14.7 Å². The molecule has 0 bridgehead atoms. The molecule has 0 saturated carbocycles. The maximum Gasteiger partial charge on any atom is 0.347 e. The summed E-state index contributed by atoms with van der Waals surface area (Å²) in [5.74, 6) is -0.466. The predicted molar refractivity (Wildman–Crippen MR) is 69.6 cm³/mol. The minimum absolute atomic E-state index is 0.0333. The SMILES string of the molecule is CCc1nc(N2CC(CCl)CC2=O)sc1C(=O)O. The van der Waals surface area contributed by atoms with E-state index in [2.05, 4.69) is 4.98 Å². The Bertz CT molecular complexity index is 489. The zero-order valence-electron chi connectivity index (χ0n) is 9.85. The zero-order chi connectivity index (χ0) is 13.3. The van der Waals surface area contributed by atoms with Crippen LogP contribution in [0.25, 0.3) is 0 Å². The van der Waals surface area contributed by atoms with Gasteiger partial charge in [0.15, 0.2) is 5.13 Å². The van der Waals surface area contributed by atoms with Gasteiger partial charge in [-0.1, -0.05) is 18.3 Å². The summed E-state index contributed by atoms with van der Waals surface area (Å²) in [6, 6.07) is 0. The Kier molecular flexibility index (Phi) is 3.87. The lowest BCUT2D eigenvalue weighted by atomic mass is 10.2. The van der Waals surface area contributed by atoms with E-state index in [9.17, 15) is 9.59 Å². The number of amides is 1. The number of aromatic carboxylic acids is 1. The summed E-state index contributed by atoms with van der Waals surface area (Å²) >= 11 is 6.81. The minimum atomic E-state index is -0.990. The first-order valence-electron chi connectivity index (χ1n) is 5.66. The molecule has 1 amide bonds. The van der Waals surface area contributed by atoms with Crippen molar-refractivity contribution in [1.82, 2.24) is 4.98 Å². The number of carbonyl (C=O) groups excluding carboxylic acids is 1. The first kappa shape index (κ1) is 13.3. The lowest BCUT2D eigenvalue weighted by Crippen LogP contribution is -2.24. The molecule has 0 aromatic carbocycles. The molecule has 18 heavy (non-hydrogen) atoms. The monoisotopic (exact) mass is 288 g/mol. The number of nitrogens with zero attached hydrogens (tertiary/aromatic N) is 2. The van der Waals surface area contributed by atoms with Gasteiger partial charge in [0.05, 0.1) is 5.69 Å². The maximum atomic E-state index is 11.8. The standard InChI is InChI=1S/C11H13ClN2O3S/c1-2-7-9(10(16)17)18-11(13-7)14-5-6(4-12)3-8(14)15/h6H,2-5H2,1H3,(H,16,17). The van der Waals surface area contributed by atoms with Gasteiger partial charge in [0.2, 0.25) is 5.91 Å². The van der Waals surface area contributed by atoms with Crippen molar-refractivity contribution in [2.24, 2.45) is 5.92 Å². The number of carbonyl (C=O) groups is 2. The number of carboxylic acid groups (broad SMARTS) is 1. The van der Waals surface area contributed by atoms with Gasteiger partial charge >= 0.3 is 5.97 Å². The molecule has 0 aliphatic carbocycles. The summed E-state index contributed by atoms with van der Waals surface area (Å²) < 4.78 is 0. The second-order valence-electron chi connectivity index (χ2n) is 4.16. The number of hydrogen-bond acceptors (Lipinski definition) is 4. The molecule has 2 rings (SSSR count). The van der Waals surface area contributed by atoms with E-state index in [4.69, 9.17) is 16.7 Å². The van der Waals surface area contributed by atoms with Gasteiger partial charge in [-0.15, -0.1) is 11.6 Å². The van der Waals surface area contributed by atoms with Crippen LogP contribution in [0.2, 0.25) is 0 Å². The highest BCUT2D eigenvalue weighted by Gasteiger charge is 2.32. The molecule has 1 fully saturated rings. The van der Waals surface area contributed by atoms with Crippen LogP contribution < -0.4 is 4.90 Å². The summed E-state index contributed by atoms with van der Waals surface area (Å²) in [6.07, 6.45) is 0.950. The van der Waals surface area contributed by atoms with Crippen LogP contribution in [0.15, 0.2) is 0 Å². The van der Waals surface area contributed by atoms with Crippen molar-refractivity contribution >= 4 is 39.9 Å². The van der Waals surface area contributed by atoms with Crippen LogP contribution in [0, 0.1) is 5.92 Å². The van der Waals surface area contributed by atoms with Crippen molar-refractivity contribution in [2.45, 2.75) is 19.8 Å². The highest BCUT2D eigenvalue weighted by Crippen LogP contribution is 2.31. The fourth-order valence-electron chi connectivity index (χ4n) is 1.93. The number of anilines is 1. The molecule has 1 unspecified atom stereocenters.